The summed E-state index contributed by atoms with van der Waals surface area (Å²) >= 11 is 0. The zero-order valence-electron chi connectivity index (χ0n) is 9.06. The highest BCUT2D eigenvalue weighted by Gasteiger charge is 2.40. The van der Waals surface area contributed by atoms with Crippen LogP contribution in [0.15, 0.2) is 0 Å². The molecule has 0 radical (unpaired) electrons. The molecule has 0 aliphatic carbocycles. The molecular weight excluding hydrogens is 180 g/mol. The Morgan fingerprint density at radius 2 is 2.36 bits per heavy atom. The number of carbonyl (C=O) groups excluding carboxylic acids is 1. The van der Waals surface area contributed by atoms with Crippen molar-refractivity contribution in [3.63, 3.8) is 0 Å². The number of hydroxylamine groups is 1. The quantitative estimate of drug-likeness (QED) is 0.646. The Morgan fingerprint density at radius 1 is 1.57 bits per heavy atom. The Balaban J connectivity index is 2.52. The lowest BCUT2D eigenvalue weighted by atomic mass is 9.82. The van der Waals surface area contributed by atoms with Gasteiger partial charge in [0.05, 0.1) is 12.0 Å². The molecule has 0 aromatic heterocycles. The van der Waals surface area contributed by atoms with Crippen molar-refractivity contribution >= 4 is 5.91 Å². The Kier molecular flexibility index (Phi) is 4.35. The third-order valence-corrected chi connectivity index (χ3v) is 2.76. The van der Waals surface area contributed by atoms with Gasteiger partial charge in [0.15, 0.2) is 0 Å². The van der Waals surface area contributed by atoms with Crippen LogP contribution in [0.4, 0.5) is 0 Å². The number of hydrogen-bond acceptors (Lipinski definition) is 3. The van der Waals surface area contributed by atoms with Crippen molar-refractivity contribution in [2.24, 2.45) is 5.41 Å². The summed E-state index contributed by atoms with van der Waals surface area (Å²) in [6.45, 7) is 6.19. The molecule has 0 aromatic rings. The fraction of sp³-hybridized carbons (Fsp3) is 0.900. The zero-order valence-corrected chi connectivity index (χ0v) is 9.06. The molecule has 1 aliphatic rings. The van der Waals surface area contributed by atoms with E-state index >= 15 is 0 Å². The Bertz CT molecular complexity index is 189. The van der Waals surface area contributed by atoms with Gasteiger partial charge < -0.3 is 5.32 Å². The maximum atomic E-state index is 11.8. The van der Waals surface area contributed by atoms with Gasteiger partial charge in [0.1, 0.15) is 0 Å². The fourth-order valence-corrected chi connectivity index (χ4v) is 1.99. The molecule has 1 atom stereocenters. The number of hydrogen-bond donors (Lipinski definition) is 2. The smallest absolute Gasteiger partial charge is 0.251 e. The van der Waals surface area contributed by atoms with E-state index in [1.54, 1.807) is 0 Å². The maximum Gasteiger partial charge on any atom is 0.251 e. The topological polar surface area (TPSA) is 50.4 Å². The molecule has 82 valence electrons. The molecule has 2 N–H and O–H groups in total. The van der Waals surface area contributed by atoms with E-state index < -0.39 is 0 Å². The van der Waals surface area contributed by atoms with E-state index in [1.807, 2.05) is 6.92 Å². The molecule has 1 heterocycles. The fourth-order valence-electron chi connectivity index (χ4n) is 1.99. The van der Waals surface area contributed by atoms with Gasteiger partial charge in [-0.2, -0.15) is 0 Å². The predicted octanol–water partition coefficient (Wildman–Crippen LogP) is 0.834. The molecule has 0 saturated carbocycles. The molecule has 14 heavy (non-hydrogen) atoms. The number of nitrogens with one attached hydrogen (secondary N) is 2. The summed E-state index contributed by atoms with van der Waals surface area (Å²) in [5.41, 5.74) is 2.29. The van der Waals surface area contributed by atoms with Crippen LogP contribution in [-0.2, 0) is 9.63 Å². The monoisotopic (exact) mass is 200 g/mol. The molecule has 1 amide bonds. The van der Waals surface area contributed by atoms with Crippen LogP contribution in [0, 0.1) is 5.41 Å². The first-order valence-electron chi connectivity index (χ1n) is 5.38. The number of carbonyl (C=O) groups is 1. The first-order valence-corrected chi connectivity index (χ1v) is 5.38. The molecule has 1 fully saturated rings. The Morgan fingerprint density at radius 3 is 2.86 bits per heavy atom. The predicted molar refractivity (Wildman–Crippen MR) is 54.6 cm³/mol. The largest absolute Gasteiger partial charge is 0.316 e. The van der Waals surface area contributed by atoms with Crippen LogP contribution in [0.3, 0.4) is 0 Å². The standard InChI is InChI=1S/C10H20N2O2/c1-3-5-10(6-7-11-8-10)9(13)12-14-4-2/h11H,3-8H2,1-2H3,(H,12,13). The third-order valence-electron chi connectivity index (χ3n) is 2.76. The first-order chi connectivity index (χ1) is 6.75. The normalized spacial score (nSPS) is 26.4. The van der Waals surface area contributed by atoms with Gasteiger partial charge in [-0.25, -0.2) is 5.48 Å². The molecule has 1 unspecified atom stereocenters. The van der Waals surface area contributed by atoms with Crippen molar-refractivity contribution < 1.29 is 9.63 Å². The summed E-state index contributed by atoms with van der Waals surface area (Å²) in [6.07, 6.45) is 2.87. The highest BCUT2D eigenvalue weighted by Crippen LogP contribution is 2.31. The van der Waals surface area contributed by atoms with Crippen molar-refractivity contribution in [2.75, 3.05) is 19.7 Å². The molecule has 1 aliphatic heterocycles. The van der Waals surface area contributed by atoms with Gasteiger partial charge in [0.25, 0.3) is 5.91 Å². The highest BCUT2D eigenvalue weighted by molar-refractivity contribution is 5.82. The minimum atomic E-state index is -0.232. The highest BCUT2D eigenvalue weighted by atomic mass is 16.6. The lowest BCUT2D eigenvalue weighted by molar-refractivity contribution is -0.143. The van der Waals surface area contributed by atoms with E-state index in [1.165, 1.54) is 0 Å². The van der Waals surface area contributed by atoms with Gasteiger partial charge in [-0.05, 0) is 26.3 Å². The van der Waals surface area contributed by atoms with Crippen molar-refractivity contribution in [3.8, 4) is 0 Å². The summed E-state index contributed by atoms with van der Waals surface area (Å²) in [4.78, 5) is 16.8. The minimum Gasteiger partial charge on any atom is -0.316 e. The molecule has 0 spiro atoms. The molecule has 4 nitrogen and oxygen atoms in total. The lowest BCUT2D eigenvalue weighted by Crippen LogP contribution is -2.42. The van der Waals surface area contributed by atoms with E-state index in [9.17, 15) is 4.79 Å². The second kappa shape index (κ2) is 5.32. The first kappa shape index (κ1) is 11.5. The molecule has 0 bridgehead atoms. The SMILES string of the molecule is CCCC1(C(=O)NOCC)CCNC1. The van der Waals surface area contributed by atoms with Gasteiger partial charge in [0, 0.05) is 6.54 Å². The van der Waals surface area contributed by atoms with Crippen LogP contribution in [0.1, 0.15) is 33.1 Å². The Labute approximate surface area is 85.3 Å². The van der Waals surface area contributed by atoms with Crippen LogP contribution in [-0.4, -0.2) is 25.6 Å². The molecule has 0 aromatic carbocycles. The van der Waals surface area contributed by atoms with Gasteiger partial charge in [-0.3, -0.25) is 9.63 Å². The van der Waals surface area contributed by atoms with Crippen LogP contribution in [0.2, 0.25) is 0 Å². The molecule has 4 heteroatoms. The van der Waals surface area contributed by atoms with Gasteiger partial charge in [0.2, 0.25) is 0 Å². The van der Waals surface area contributed by atoms with E-state index in [4.69, 9.17) is 4.84 Å². The minimum absolute atomic E-state index is 0.0335. The zero-order chi connectivity index (χ0) is 10.4. The summed E-state index contributed by atoms with van der Waals surface area (Å²) in [5.74, 6) is 0.0335. The Hall–Kier alpha value is -0.610. The van der Waals surface area contributed by atoms with Gasteiger partial charge >= 0.3 is 0 Å². The average Bonchev–Trinajstić information content (AvgIpc) is 2.64. The third kappa shape index (κ3) is 2.45. The molecular formula is C10H20N2O2. The van der Waals surface area contributed by atoms with Gasteiger partial charge in [-0.15, -0.1) is 0 Å². The number of amides is 1. The van der Waals surface area contributed by atoms with E-state index in [0.29, 0.717) is 6.61 Å². The number of rotatable bonds is 5. The van der Waals surface area contributed by atoms with Crippen LogP contribution >= 0.6 is 0 Å². The maximum absolute atomic E-state index is 11.8. The molecule has 1 rings (SSSR count). The van der Waals surface area contributed by atoms with Crippen molar-refractivity contribution in [3.05, 3.63) is 0 Å². The van der Waals surface area contributed by atoms with E-state index in [0.717, 1.165) is 32.4 Å². The second-order valence-corrected chi connectivity index (χ2v) is 3.82. The van der Waals surface area contributed by atoms with E-state index in [2.05, 4.69) is 17.7 Å². The van der Waals surface area contributed by atoms with Crippen LogP contribution in [0.25, 0.3) is 0 Å². The van der Waals surface area contributed by atoms with Crippen molar-refractivity contribution in [2.45, 2.75) is 33.1 Å². The summed E-state index contributed by atoms with van der Waals surface area (Å²) in [5, 5.41) is 3.24. The van der Waals surface area contributed by atoms with E-state index in [-0.39, 0.29) is 11.3 Å². The lowest BCUT2D eigenvalue weighted by Gasteiger charge is -2.25. The molecule has 1 saturated heterocycles. The van der Waals surface area contributed by atoms with Crippen LogP contribution < -0.4 is 10.8 Å². The van der Waals surface area contributed by atoms with Crippen molar-refractivity contribution in [1.29, 1.82) is 0 Å². The van der Waals surface area contributed by atoms with Crippen molar-refractivity contribution in [1.82, 2.24) is 10.8 Å². The summed E-state index contributed by atoms with van der Waals surface area (Å²) in [7, 11) is 0. The van der Waals surface area contributed by atoms with Crippen LogP contribution in [0.5, 0.6) is 0 Å². The summed E-state index contributed by atoms with van der Waals surface area (Å²) in [6, 6.07) is 0. The van der Waals surface area contributed by atoms with Gasteiger partial charge in [-0.1, -0.05) is 13.3 Å². The second-order valence-electron chi connectivity index (χ2n) is 3.82. The summed E-state index contributed by atoms with van der Waals surface area (Å²) < 4.78 is 0. The average molecular weight is 200 g/mol.